The van der Waals surface area contributed by atoms with Crippen LogP contribution in [0.4, 0.5) is 0 Å². The molecule has 3 heteroatoms. The molecule has 0 aromatic carbocycles. The van der Waals surface area contributed by atoms with Crippen LogP contribution in [0.5, 0.6) is 0 Å². The van der Waals surface area contributed by atoms with Crippen LogP contribution in [0.1, 0.15) is 13.3 Å². The van der Waals surface area contributed by atoms with Crippen molar-refractivity contribution in [2.75, 3.05) is 13.2 Å². The maximum Gasteiger partial charge on any atom is 0.306 e. The molecule has 2 atom stereocenters. The van der Waals surface area contributed by atoms with E-state index < -0.39 is 5.97 Å². The average molecular weight is 144 g/mol. The standard InChI is InChI=1S/C7H12O3/c1-5-4-10-3-2-6(5)7(8)9/h5-6H,2-4H2,1H3,(H,8,9)/t5-,6-/m1/s1. The van der Waals surface area contributed by atoms with E-state index in [9.17, 15) is 4.79 Å². The molecule has 0 aromatic heterocycles. The summed E-state index contributed by atoms with van der Waals surface area (Å²) in [6.45, 7) is 3.11. The van der Waals surface area contributed by atoms with Crippen LogP contribution in [0.3, 0.4) is 0 Å². The molecule has 0 saturated carbocycles. The predicted molar refractivity (Wildman–Crippen MR) is 35.7 cm³/mol. The SMILES string of the molecule is C[C@@H]1COCC[C@H]1C(=O)O. The summed E-state index contributed by atoms with van der Waals surface area (Å²) in [6.07, 6.45) is 0.663. The lowest BCUT2D eigenvalue weighted by atomic mass is 9.90. The average Bonchev–Trinajstić information content (AvgIpc) is 1.88. The van der Waals surface area contributed by atoms with Crippen molar-refractivity contribution in [1.82, 2.24) is 0 Å². The van der Waals surface area contributed by atoms with Gasteiger partial charge in [0.15, 0.2) is 0 Å². The summed E-state index contributed by atoms with van der Waals surface area (Å²) in [5.41, 5.74) is 0. The molecule has 0 bridgehead atoms. The van der Waals surface area contributed by atoms with Gasteiger partial charge >= 0.3 is 5.97 Å². The van der Waals surface area contributed by atoms with Crippen LogP contribution in [-0.4, -0.2) is 24.3 Å². The van der Waals surface area contributed by atoms with Crippen LogP contribution in [-0.2, 0) is 9.53 Å². The number of carboxylic acid groups (broad SMARTS) is 1. The van der Waals surface area contributed by atoms with Crippen LogP contribution >= 0.6 is 0 Å². The Morgan fingerprint density at radius 1 is 1.70 bits per heavy atom. The normalized spacial score (nSPS) is 33.7. The van der Waals surface area contributed by atoms with E-state index in [1.54, 1.807) is 0 Å². The van der Waals surface area contributed by atoms with E-state index >= 15 is 0 Å². The number of rotatable bonds is 1. The van der Waals surface area contributed by atoms with Crippen molar-refractivity contribution in [3.63, 3.8) is 0 Å². The Morgan fingerprint density at radius 2 is 2.40 bits per heavy atom. The molecule has 0 radical (unpaired) electrons. The molecule has 1 saturated heterocycles. The molecular formula is C7H12O3. The van der Waals surface area contributed by atoms with Crippen molar-refractivity contribution in [1.29, 1.82) is 0 Å². The Balaban J connectivity index is 2.47. The van der Waals surface area contributed by atoms with Gasteiger partial charge in [-0.15, -0.1) is 0 Å². The number of aliphatic carboxylic acids is 1. The van der Waals surface area contributed by atoms with Gasteiger partial charge in [0.1, 0.15) is 0 Å². The predicted octanol–water partition coefficient (Wildman–Crippen LogP) is 0.744. The minimum atomic E-state index is -0.684. The van der Waals surface area contributed by atoms with Gasteiger partial charge in [-0.05, 0) is 12.3 Å². The summed E-state index contributed by atoms with van der Waals surface area (Å²) in [7, 11) is 0. The Bertz CT molecular complexity index is 133. The monoisotopic (exact) mass is 144 g/mol. The molecule has 0 aromatic rings. The van der Waals surface area contributed by atoms with Crippen LogP contribution in [0.25, 0.3) is 0 Å². The lowest BCUT2D eigenvalue weighted by Crippen LogP contribution is -2.30. The molecule has 10 heavy (non-hydrogen) atoms. The summed E-state index contributed by atoms with van der Waals surface area (Å²) in [6, 6.07) is 0. The van der Waals surface area contributed by atoms with Gasteiger partial charge in [0.2, 0.25) is 0 Å². The van der Waals surface area contributed by atoms with Crippen molar-refractivity contribution >= 4 is 5.97 Å². The highest BCUT2D eigenvalue weighted by molar-refractivity contribution is 5.70. The summed E-state index contributed by atoms with van der Waals surface area (Å²) in [5, 5.41) is 8.65. The Hall–Kier alpha value is -0.570. The second kappa shape index (κ2) is 3.01. The third kappa shape index (κ3) is 1.48. The van der Waals surface area contributed by atoms with Crippen molar-refractivity contribution in [3.8, 4) is 0 Å². The molecule has 0 amide bonds. The van der Waals surface area contributed by atoms with E-state index in [0.717, 1.165) is 0 Å². The molecule has 0 aliphatic carbocycles. The van der Waals surface area contributed by atoms with Crippen molar-refractivity contribution in [3.05, 3.63) is 0 Å². The molecule has 3 nitrogen and oxygen atoms in total. The topological polar surface area (TPSA) is 46.5 Å². The fraction of sp³-hybridized carbons (Fsp3) is 0.857. The third-order valence-electron chi connectivity index (χ3n) is 1.96. The minimum Gasteiger partial charge on any atom is -0.481 e. The van der Waals surface area contributed by atoms with Gasteiger partial charge in [-0.2, -0.15) is 0 Å². The molecule has 1 aliphatic heterocycles. The molecule has 1 heterocycles. The summed E-state index contributed by atoms with van der Waals surface area (Å²) in [5.74, 6) is -0.698. The molecule has 0 unspecified atom stereocenters. The van der Waals surface area contributed by atoms with Crippen LogP contribution < -0.4 is 0 Å². The zero-order chi connectivity index (χ0) is 7.56. The maximum absolute atomic E-state index is 10.5. The molecule has 1 fully saturated rings. The fourth-order valence-electron chi connectivity index (χ4n) is 1.25. The van der Waals surface area contributed by atoms with Crippen molar-refractivity contribution in [2.24, 2.45) is 11.8 Å². The van der Waals surface area contributed by atoms with E-state index in [1.807, 2.05) is 6.92 Å². The first-order chi connectivity index (χ1) is 4.72. The zero-order valence-electron chi connectivity index (χ0n) is 6.04. The first-order valence-electron chi connectivity index (χ1n) is 3.52. The van der Waals surface area contributed by atoms with E-state index in [1.165, 1.54) is 0 Å². The lowest BCUT2D eigenvalue weighted by Gasteiger charge is -2.24. The molecule has 0 spiro atoms. The molecule has 1 rings (SSSR count). The molecule has 1 aliphatic rings. The second-order valence-electron chi connectivity index (χ2n) is 2.79. The Kier molecular flexibility index (Phi) is 2.27. The van der Waals surface area contributed by atoms with E-state index in [2.05, 4.69) is 0 Å². The van der Waals surface area contributed by atoms with Crippen LogP contribution in [0.15, 0.2) is 0 Å². The van der Waals surface area contributed by atoms with E-state index in [-0.39, 0.29) is 11.8 Å². The number of ether oxygens (including phenoxy) is 1. The van der Waals surface area contributed by atoms with Crippen LogP contribution in [0, 0.1) is 11.8 Å². The highest BCUT2D eigenvalue weighted by Gasteiger charge is 2.27. The Morgan fingerprint density at radius 3 is 2.80 bits per heavy atom. The first kappa shape index (κ1) is 7.54. The third-order valence-corrected chi connectivity index (χ3v) is 1.96. The van der Waals surface area contributed by atoms with Gasteiger partial charge in [-0.1, -0.05) is 6.92 Å². The number of carboxylic acids is 1. The van der Waals surface area contributed by atoms with E-state index in [4.69, 9.17) is 9.84 Å². The quantitative estimate of drug-likeness (QED) is 0.590. The maximum atomic E-state index is 10.5. The van der Waals surface area contributed by atoms with Gasteiger partial charge in [0, 0.05) is 13.2 Å². The molecule has 1 N–H and O–H groups in total. The van der Waals surface area contributed by atoms with Crippen LogP contribution in [0.2, 0.25) is 0 Å². The van der Waals surface area contributed by atoms with Gasteiger partial charge in [0.25, 0.3) is 0 Å². The zero-order valence-corrected chi connectivity index (χ0v) is 6.04. The highest BCUT2D eigenvalue weighted by Crippen LogP contribution is 2.20. The van der Waals surface area contributed by atoms with E-state index in [0.29, 0.717) is 19.6 Å². The summed E-state index contributed by atoms with van der Waals surface area (Å²) < 4.78 is 5.10. The first-order valence-corrected chi connectivity index (χ1v) is 3.52. The largest absolute Gasteiger partial charge is 0.481 e. The Labute approximate surface area is 60.0 Å². The lowest BCUT2D eigenvalue weighted by molar-refractivity contribution is -0.147. The van der Waals surface area contributed by atoms with Crippen molar-refractivity contribution < 1.29 is 14.6 Å². The van der Waals surface area contributed by atoms with Gasteiger partial charge in [-0.3, -0.25) is 4.79 Å². The van der Waals surface area contributed by atoms with Crippen molar-refractivity contribution in [2.45, 2.75) is 13.3 Å². The second-order valence-corrected chi connectivity index (χ2v) is 2.79. The summed E-state index contributed by atoms with van der Waals surface area (Å²) >= 11 is 0. The molecular weight excluding hydrogens is 132 g/mol. The van der Waals surface area contributed by atoms with Gasteiger partial charge in [-0.25, -0.2) is 0 Å². The number of hydrogen-bond acceptors (Lipinski definition) is 2. The van der Waals surface area contributed by atoms with Gasteiger partial charge in [0.05, 0.1) is 5.92 Å². The molecule has 58 valence electrons. The van der Waals surface area contributed by atoms with Gasteiger partial charge < -0.3 is 9.84 Å². The minimum absolute atomic E-state index is 0.172. The number of carbonyl (C=O) groups is 1. The smallest absolute Gasteiger partial charge is 0.306 e. The summed E-state index contributed by atoms with van der Waals surface area (Å²) in [4.78, 5) is 10.5. The fourth-order valence-corrected chi connectivity index (χ4v) is 1.25. The number of hydrogen-bond donors (Lipinski definition) is 1. The highest BCUT2D eigenvalue weighted by atomic mass is 16.5.